The molecule has 3 saturated carbocycles. The molecule has 0 unspecified atom stereocenters. The van der Waals surface area contributed by atoms with Gasteiger partial charge in [-0.25, -0.2) is 0 Å². The summed E-state index contributed by atoms with van der Waals surface area (Å²) in [6.07, 6.45) is 9.32. The molecule has 0 radical (unpaired) electrons. The van der Waals surface area contributed by atoms with Crippen LogP contribution in [-0.2, 0) is 25.7 Å². The zero-order valence-corrected chi connectivity index (χ0v) is 20.2. The normalized spacial score (nSPS) is 25.1. The van der Waals surface area contributed by atoms with Crippen LogP contribution in [0.5, 0.6) is 0 Å². The SMILES string of the molecule is C/C([O][Al]([O]/C(C)=C1/CCCCC1=O)[O]/C(C)=C1/CCCCC1=O)=C1\CCCCC1=O. The Morgan fingerprint density at radius 2 is 0.774 bits per heavy atom. The van der Waals surface area contributed by atoms with Crippen LogP contribution in [0, 0.1) is 0 Å². The third-order valence-corrected chi connectivity index (χ3v) is 7.98. The second-order valence-corrected chi connectivity index (χ2v) is 9.92. The van der Waals surface area contributed by atoms with Gasteiger partial charge >= 0.3 is 15.1 Å². The minimum absolute atomic E-state index is 0.117. The monoisotopic (exact) mass is 444 g/mol. The molecule has 0 atom stereocenters. The lowest BCUT2D eigenvalue weighted by Gasteiger charge is -2.24. The Bertz CT molecular complexity index is 726. The number of Topliss-reactive ketones (excluding diaryl/α,β-unsaturated/α-hetero) is 3. The first-order valence-corrected chi connectivity index (χ1v) is 13.0. The highest BCUT2D eigenvalue weighted by molar-refractivity contribution is 6.38. The summed E-state index contributed by atoms with van der Waals surface area (Å²) < 4.78 is 18.3. The lowest BCUT2D eigenvalue weighted by Crippen LogP contribution is -2.29. The summed E-state index contributed by atoms with van der Waals surface area (Å²) >= 11 is -2.83. The highest BCUT2D eigenvalue weighted by Gasteiger charge is 2.46. The molecule has 0 bridgehead atoms. The van der Waals surface area contributed by atoms with Crippen molar-refractivity contribution in [2.24, 2.45) is 0 Å². The second-order valence-electron chi connectivity index (χ2n) is 8.64. The summed E-state index contributed by atoms with van der Waals surface area (Å²) in [7, 11) is 0. The first-order chi connectivity index (χ1) is 14.9. The molecule has 0 aromatic rings. The fraction of sp³-hybridized carbons (Fsp3) is 0.625. The van der Waals surface area contributed by atoms with E-state index in [9.17, 15) is 14.4 Å². The van der Waals surface area contributed by atoms with Crippen molar-refractivity contribution in [3.05, 3.63) is 34.0 Å². The van der Waals surface area contributed by atoms with Gasteiger partial charge in [-0.3, -0.25) is 14.4 Å². The van der Waals surface area contributed by atoms with Gasteiger partial charge in [0.25, 0.3) is 0 Å². The lowest BCUT2D eigenvalue weighted by atomic mass is 9.93. The van der Waals surface area contributed by atoms with E-state index in [1.54, 1.807) is 20.8 Å². The lowest BCUT2D eigenvalue weighted by molar-refractivity contribution is -0.117. The van der Waals surface area contributed by atoms with Crippen molar-refractivity contribution in [2.75, 3.05) is 0 Å². The van der Waals surface area contributed by atoms with Crippen LogP contribution in [0.2, 0.25) is 0 Å². The molecule has 3 aliphatic carbocycles. The Hall–Kier alpha value is -1.84. The van der Waals surface area contributed by atoms with Crippen molar-refractivity contribution in [2.45, 2.75) is 97.8 Å². The van der Waals surface area contributed by atoms with E-state index in [0.29, 0.717) is 72.5 Å². The third-order valence-electron chi connectivity index (χ3n) is 6.35. The zero-order valence-electron chi connectivity index (χ0n) is 19.0. The molecule has 0 N–H and O–H groups in total. The van der Waals surface area contributed by atoms with Crippen molar-refractivity contribution < 1.29 is 25.7 Å². The molecule has 6 nitrogen and oxygen atoms in total. The van der Waals surface area contributed by atoms with Gasteiger partial charge in [0.15, 0.2) is 17.3 Å². The molecule has 3 aliphatic rings. The zero-order chi connectivity index (χ0) is 22.4. The summed E-state index contributed by atoms with van der Waals surface area (Å²) in [5.74, 6) is 1.98. The Morgan fingerprint density at radius 3 is 1.03 bits per heavy atom. The van der Waals surface area contributed by atoms with Crippen molar-refractivity contribution in [3.63, 3.8) is 0 Å². The smallest absolute Gasteiger partial charge is 0.580 e. The molecule has 0 aromatic carbocycles. The van der Waals surface area contributed by atoms with Crippen LogP contribution in [0.15, 0.2) is 34.0 Å². The van der Waals surface area contributed by atoms with Gasteiger partial charge in [-0.1, -0.05) is 0 Å². The fourth-order valence-corrected chi connectivity index (χ4v) is 5.91. The van der Waals surface area contributed by atoms with Crippen LogP contribution in [0.3, 0.4) is 0 Å². The number of ketones is 3. The highest BCUT2D eigenvalue weighted by Crippen LogP contribution is 2.28. The molecule has 31 heavy (non-hydrogen) atoms. The summed E-state index contributed by atoms with van der Waals surface area (Å²) in [6, 6.07) is 0. The van der Waals surface area contributed by atoms with Crippen molar-refractivity contribution in [3.8, 4) is 0 Å². The summed E-state index contributed by atoms with van der Waals surface area (Å²) in [5.41, 5.74) is 2.11. The predicted octanol–water partition coefficient (Wildman–Crippen LogP) is 5.27. The van der Waals surface area contributed by atoms with Gasteiger partial charge in [0.1, 0.15) is 0 Å². The first-order valence-electron chi connectivity index (χ1n) is 11.6. The molecule has 0 saturated heterocycles. The molecule has 0 heterocycles. The van der Waals surface area contributed by atoms with E-state index in [0.717, 1.165) is 38.5 Å². The third kappa shape index (κ3) is 6.33. The Kier molecular flexibility index (Phi) is 8.57. The van der Waals surface area contributed by atoms with E-state index in [1.807, 2.05) is 0 Å². The average Bonchev–Trinajstić information content (AvgIpc) is 2.74. The topological polar surface area (TPSA) is 78.9 Å². The maximum atomic E-state index is 12.3. The first kappa shape index (κ1) is 23.8. The van der Waals surface area contributed by atoms with Crippen LogP contribution >= 0.6 is 0 Å². The molecule has 168 valence electrons. The minimum atomic E-state index is -2.83. The van der Waals surface area contributed by atoms with E-state index < -0.39 is 15.1 Å². The Labute approximate surface area is 190 Å². The van der Waals surface area contributed by atoms with Gasteiger partial charge in [-0.15, -0.1) is 0 Å². The average molecular weight is 445 g/mol. The van der Waals surface area contributed by atoms with Gasteiger partial charge in [-0.05, 0) is 78.6 Å². The van der Waals surface area contributed by atoms with Crippen molar-refractivity contribution in [1.82, 2.24) is 0 Å². The summed E-state index contributed by atoms with van der Waals surface area (Å²) in [4.78, 5) is 37.0. The van der Waals surface area contributed by atoms with Crippen LogP contribution in [0.25, 0.3) is 0 Å². The van der Waals surface area contributed by atoms with Crippen LogP contribution in [0.1, 0.15) is 97.8 Å². The van der Waals surface area contributed by atoms with Crippen LogP contribution in [0.4, 0.5) is 0 Å². The molecule has 7 heteroatoms. The highest BCUT2D eigenvalue weighted by atomic mass is 27.3. The molecular formula is C24H33AlO6. The minimum Gasteiger partial charge on any atom is -0.580 e. The number of allylic oxidation sites excluding steroid dienone is 6. The van der Waals surface area contributed by atoms with Gasteiger partial charge < -0.3 is 11.4 Å². The van der Waals surface area contributed by atoms with Gasteiger partial charge in [0, 0.05) is 36.0 Å². The molecule has 0 amide bonds. The maximum absolute atomic E-state index is 12.3. The second kappa shape index (κ2) is 11.2. The molecule has 0 spiro atoms. The standard InChI is InChI=1S/3C8H12O2.Al/c3*1-6(9)7-4-2-3-5-8(7)10;/h3*9H,2-5H2,1H3;/q;;;+3/p-3/b3*7-6-;. The molecule has 3 rings (SSSR count). The van der Waals surface area contributed by atoms with Crippen LogP contribution in [-0.4, -0.2) is 32.5 Å². The fourth-order valence-electron chi connectivity index (χ4n) is 4.47. The van der Waals surface area contributed by atoms with Crippen molar-refractivity contribution >= 4 is 32.5 Å². The number of carbonyl (C=O) groups is 3. The largest absolute Gasteiger partial charge is 1.20 e. The van der Waals surface area contributed by atoms with Gasteiger partial charge in [0.05, 0.1) is 17.3 Å². The van der Waals surface area contributed by atoms with E-state index >= 15 is 0 Å². The number of rotatable bonds is 6. The Morgan fingerprint density at radius 1 is 0.516 bits per heavy atom. The number of hydrogen-bond donors (Lipinski definition) is 0. The van der Waals surface area contributed by atoms with Gasteiger partial charge in [-0.2, -0.15) is 0 Å². The molecule has 0 aliphatic heterocycles. The summed E-state index contributed by atoms with van der Waals surface area (Å²) in [5, 5.41) is 0. The van der Waals surface area contributed by atoms with Crippen LogP contribution < -0.4 is 0 Å². The number of carbonyl (C=O) groups excluding carboxylic acids is 3. The quantitative estimate of drug-likeness (QED) is 0.315. The van der Waals surface area contributed by atoms with E-state index in [2.05, 4.69) is 0 Å². The molecule has 3 fully saturated rings. The predicted molar refractivity (Wildman–Crippen MR) is 118 cm³/mol. The van der Waals surface area contributed by atoms with E-state index in [4.69, 9.17) is 11.4 Å². The maximum Gasteiger partial charge on any atom is 1.20 e. The Balaban J connectivity index is 1.84. The van der Waals surface area contributed by atoms with Crippen molar-refractivity contribution in [1.29, 1.82) is 0 Å². The number of hydrogen-bond acceptors (Lipinski definition) is 6. The molecule has 0 aromatic heterocycles. The van der Waals surface area contributed by atoms with Gasteiger partial charge in [0.2, 0.25) is 0 Å². The van der Waals surface area contributed by atoms with E-state index in [1.165, 1.54) is 0 Å². The molecular weight excluding hydrogens is 411 g/mol. The van der Waals surface area contributed by atoms with E-state index in [-0.39, 0.29) is 17.3 Å². The summed E-state index contributed by atoms with van der Waals surface area (Å²) in [6.45, 7) is 5.36.